The fourth-order valence-corrected chi connectivity index (χ4v) is 3.23. The quantitative estimate of drug-likeness (QED) is 0.699. The molecule has 0 spiro atoms. The van der Waals surface area contributed by atoms with Gasteiger partial charge in [-0.15, -0.1) is 0 Å². The number of likely N-dealkylation sites (tertiary alicyclic amines) is 1. The Morgan fingerprint density at radius 2 is 2.15 bits per heavy atom. The minimum Gasteiger partial charge on any atom is -0.508 e. The number of aromatic amines is 1. The van der Waals surface area contributed by atoms with Gasteiger partial charge in [-0.05, 0) is 37.1 Å². The molecule has 3 rings (SSSR count). The maximum Gasteiger partial charge on any atom is 0.328 e. The first-order chi connectivity index (χ1) is 12.5. The first-order valence-corrected chi connectivity index (χ1v) is 8.59. The second-order valence-corrected chi connectivity index (χ2v) is 6.55. The van der Waals surface area contributed by atoms with E-state index in [1.807, 2.05) is 12.1 Å². The molecule has 1 amide bonds. The maximum absolute atomic E-state index is 12.2. The number of nitrogens with one attached hydrogen (secondary N) is 2. The standard InChI is InChI=1S/C18H22N4O4/c23-15-5-1-3-13(9-15)10-21-7-2-4-14(11-21)19-17(25)12-22-8-6-16(24)20-18(22)26/h1,3,5-6,8-9,14,23H,2,4,7,10-12H2,(H,19,25)(H,20,24,26)/t14-/m0/s1. The number of hydrogen-bond acceptors (Lipinski definition) is 5. The van der Waals surface area contributed by atoms with Gasteiger partial charge in [0.2, 0.25) is 5.91 Å². The molecule has 2 heterocycles. The van der Waals surface area contributed by atoms with Gasteiger partial charge in [-0.25, -0.2) is 4.79 Å². The molecule has 1 aliphatic heterocycles. The Kier molecular flexibility index (Phi) is 5.52. The van der Waals surface area contributed by atoms with Gasteiger partial charge in [0.1, 0.15) is 12.3 Å². The van der Waals surface area contributed by atoms with Crippen LogP contribution in [-0.4, -0.2) is 44.6 Å². The average molecular weight is 358 g/mol. The molecule has 26 heavy (non-hydrogen) atoms. The van der Waals surface area contributed by atoms with E-state index in [1.54, 1.807) is 12.1 Å². The molecule has 1 atom stereocenters. The Morgan fingerprint density at radius 3 is 2.92 bits per heavy atom. The van der Waals surface area contributed by atoms with Crippen molar-refractivity contribution in [3.63, 3.8) is 0 Å². The molecule has 1 aliphatic rings. The highest BCUT2D eigenvalue weighted by Gasteiger charge is 2.21. The zero-order valence-corrected chi connectivity index (χ0v) is 14.4. The number of aromatic hydroxyl groups is 1. The molecule has 1 aromatic heterocycles. The predicted octanol–water partition coefficient (Wildman–Crippen LogP) is 0.0230. The van der Waals surface area contributed by atoms with Gasteiger partial charge in [0.05, 0.1) is 0 Å². The summed E-state index contributed by atoms with van der Waals surface area (Å²) in [7, 11) is 0. The number of aromatic nitrogens is 2. The van der Waals surface area contributed by atoms with Gasteiger partial charge in [0.25, 0.3) is 5.56 Å². The molecule has 1 fully saturated rings. The summed E-state index contributed by atoms with van der Waals surface area (Å²) >= 11 is 0. The minimum atomic E-state index is -0.596. The molecular formula is C18H22N4O4. The van der Waals surface area contributed by atoms with Crippen molar-refractivity contribution >= 4 is 5.91 Å². The minimum absolute atomic E-state index is 0.00650. The topological polar surface area (TPSA) is 107 Å². The summed E-state index contributed by atoms with van der Waals surface area (Å²) in [6, 6.07) is 8.38. The average Bonchev–Trinajstić information content (AvgIpc) is 2.58. The third kappa shape index (κ3) is 4.82. The van der Waals surface area contributed by atoms with E-state index in [1.165, 1.54) is 16.8 Å². The highest BCUT2D eigenvalue weighted by molar-refractivity contribution is 5.76. The van der Waals surface area contributed by atoms with Crippen molar-refractivity contribution in [2.24, 2.45) is 0 Å². The lowest BCUT2D eigenvalue weighted by atomic mass is 10.0. The van der Waals surface area contributed by atoms with Gasteiger partial charge >= 0.3 is 5.69 Å². The van der Waals surface area contributed by atoms with Crippen LogP contribution in [-0.2, 0) is 17.9 Å². The largest absolute Gasteiger partial charge is 0.508 e. The molecule has 0 unspecified atom stereocenters. The molecule has 3 N–H and O–H groups in total. The van der Waals surface area contributed by atoms with E-state index < -0.39 is 11.2 Å². The second kappa shape index (κ2) is 8.01. The van der Waals surface area contributed by atoms with Crippen molar-refractivity contribution < 1.29 is 9.90 Å². The highest BCUT2D eigenvalue weighted by Crippen LogP contribution is 2.16. The molecule has 138 valence electrons. The number of carbonyl (C=O) groups excluding carboxylic acids is 1. The van der Waals surface area contributed by atoms with Crippen molar-refractivity contribution in [1.29, 1.82) is 0 Å². The Labute approximate surface area is 150 Å². The van der Waals surface area contributed by atoms with Crippen LogP contribution in [0.25, 0.3) is 0 Å². The lowest BCUT2D eigenvalue weighted by Gasteiger charge is -2.33. The summed E-state index contributed by atoms with van der Waals surface area (Å²) in [5.41, 5.74) is -0.0555. The summed E-state index contributed by atoms with van der Waals surface area (Å²) in [5, 5.41) is 12.5. The van der Waals surface area contributed by atoms with Crippen molar-refractivity contribution in [3.05, 3.63) is 62.9 Å². The van der Waals surface area contributed by atoms with Gasteiger partial charge in [0.15, 0.2) is 0 Å². The van der Waals surface area contributed by atoms with E-state index in [-0.39, 0.29) is 24.2 Å². The van der Waals surface area contributed by atoms with Gasteiger partial charge in [-0.1, -0.05) is 12.1 Å². The van der Waals surface area contributed by atoms with E-state index >= 15 is 0 Å². The normalized spacial score (nSPS) is 17.8. The number of piperidine rings is 1. The number of phenolic OH excluding ortho intramolecular Hbond substituents is 1. The Bertz CT molecular complexity index is 889. The monoisotopic (exact) mass is 358 g/mol. The summed E-state index contributed by atoms with van der Waals surface area (Å²) < 4.78 is 1.17. The van der Waals surface area contributed by atoms with Gasteiger partial charge in [0, 0.05) is 31.4 Å². The predicted molar refractivity (Wildman–Crippen MR) is 95.9 cm³/mol. The van der Waals surface area contributed by atoms with Crippen LogP contribution in [0.2, 0.25) is 0 Å². The van der Waals surface area contributed by atoms with E-state index in [0.29, 0.717) is 13.1 Å². The molecule has 0 saturated carbocycles. The summed E-state index contributed by atoms with van der Waals surface area (Å²) in [5.74, 6) is -0.0148. The van der Waals surface area contributed by atoms with E-state index in [9.17, 15) is 19.5 Å². The Hall–Kier alpha value is -2.87. The maximum atomic E-state index is 12.2. The molecule has 2 aromatic rings. The van der Waals surface area contributed by atoms with Crippen molar-refractivity contribution in [2.45, 2.75) is 32.0 Å². The first-order valence-electron chi connectivity index (χ1n) is 8.59. The molecule has 8 heteroatoms. The van der Waals surface area contributed by atoms with Crippen molar-refractivity contribution in [1.82, 2.24) is 19.8 Å². The van der Waals surface area contributed by atoms with Crippen LogP contribution in [0.1, 0.15) is 18.4 Å². The van der Waals surface area contributed by atoms with Gasteiger partial charge < -0.3 is 10.4 Å². The number of nitrogens with zero attached hydrogens (tertiary/aromatic N) is 2. The van der Waals surface area contributed by atoms with Crippen LogP contribution in [0, 0.1) is 0 Å². The highest BCUT2D eigenvalue weighted by atomic mass is 16.3. The third-order valence-corrected chi connectivity index (χ3v) is 4.40. The van der Waals surface area contributed by atoms with Crippen LogP contribution in [0.4, 0.5) is 0 Å². The summed E-state index contributed by atoms with van der Waals surface area (Å²) in [6.45, 7) is 2.22. The van der Waals surface area contributed by atoms with Crippen LogP contribution in [0.5, 0.6) is 5.75 Å². The van der Waals surface area contributed by atoms with Crippen LogP contribution in [0.3, 0.4) is 0 Å². The number of hydrogen-bond donors (Lipinski definition) is 3. The Morgan fingerprint density at radius 1 is 1.31 bits per heavy atom. The van der Waals surface area contributed by atoms with E-state index in [2.05, 4.69) is 15.2 Å². The van der Waals surface area contributed by atoms with E-state index in [0.717, 1.165) is 24.9 Å². The SMILES string of the molecule is O=C(Cn1ccc(=O)[nH]c1=O)N[C@H]1CCCN(Cc2cccc(O)c2)C1. The van der Waals surface area contributed by atoms with Crippen molar-refractivity contribution in [2.75, 3.05) is 13.1 Å². The number of rotatable bonds is 5. The number of benzene rings is 1. The van der Waals surface area contributed by atoms with Crippen LogP contribution >= 0.6 is 0 Å². The fourth-order valence-electron chi connectivity index (χ4n) is 3.23. The number of phenols is 1. The Balaban J connectivity index is 1.55. The number of carbonyl (C=O) groups is 1. The molecule has 8 nitrogen and oxygen atoms in total. The third-order valence-electron chi connectivity index (χ3n) is 4.40. The molecule has 0 radical (unpaired) electrons. The molecule has 0 bridgehead atoms. The summed E-state index contributed by atoms with van der Waals surface area (Å²) in [6.07, 6.45) is 3.15. The molecule has 1 saturated heterocycles. The lowest BCUT2D eigenvalue weighted by Crippen LogP contribution is -2.48. The zero-order chi connectivity index (χ0) is 18.5. The van der Waals surface area contributed by atoms with Gasteiger partial charge in [-0.2, -0.15) is 0 Å². The number of amides is 1. The lowest BCUT2D eigenvalue weighted by molar-refractivity contribution is -0.122. The summed E-state index contributed by atoms with van der Waals surface area (Å²) in [4.78, 5) is 39.3. The molecule has 1 aromatic carbocycles. The fraction of sp³-hybridized carbons (Fsp3) is 0.389. The first kappa shape index (κ1) is 17.9. The van der Waals surface area contributed by atoms with Crippen LogP contribution < -0.4 is 16.6 Å². The molecule has 0 aliphatic carbocycles. The number of H-pyrrole nitrogens is 1. The zero-order valence-electron chi connectivity index (χ0n) is 14.4. The molecular weight excluding hydrogens is 336 g/mol. The van der Waals surface area contributed by atoms with Gasteiger partial charge in [-0.3, -0.25) is 24.0 Å². The van der Waals surface area contributed by atoms with Crippen LogP contribution in [0.15, 0.2) is 46.1 Å². The van der Waals surface area contributed by atoms with Crippen molar-refractivity contribution in [3.8, 4) is 5.75 Å². The second-order valence-electron chi connectivity index (χ2n) is 6.55. The van der Waals surface area contributed by atoms with E-state index in [4.69, 9.17) is 0 Å². The smallest absolute Gasteiger partial charge is 0.328 e.